The fourth-order valence-electron chi connectivity index (χ4n) is 2.23. The number of carbonyl (C=O) groups is 2. The highest BCUT2D eigenvalue weighted by Gasteiger charge is 2.46. The van der Waals surface area contributed by atoms with Crippen LogP contribution in [0.2, 0.25) is 0 Å². The van der Waals surface area contributed by atoms with Gasteiger partial charge in [-0.05, 0) is 32.6 Å². The molecular formula is C12H18N2O2. The summed E-state index contributed by atoms with van der Waals surface area (Å²) in [7, 11) is 0. The van der Waals surface area contributed by atoms with Crippen molar-refractivity contribution in [3.8, 4) is 0 Å². The molecule has 0 aromatic carbocycles. The molecule has 3 unspecified atom stereocenters. The van der Waals surface area contributed by atoms with Crippen LogP contribution in [-0.2, 0) is 9.59 Å². The van der Waals surface area contributed by atoms with Gasteiger partial charge in [-0.25, -0.2) is 0 Å². The van der Waals surface area contributed by atoms with Crippen LogP contribution in [0.15, 0.2) is 12.7 Å². The van der Waals surface area contributed by atoms with Crippen molar-refractivity contribution in [3.63, 3.8) is 0 Å². The minimum absolute atomic E-state index is 0.0435. The number of amides is 2. The number of hydrogen-bond acceptors (Lipinski definition) is 2. The van der Waals surface area contributed by atoms with Gasteiger partial charge in [0.05, 0.1) is 0 Å². The molecule has 88 valence electrons. The lowest BCUT2D eigenvalue weighted by Crippen LogP contribution is -2.64. The quantitative estimate of drug-likeness (QED) is 0.714. The molecule has 1 N–H and O–H groups in total. The Labute approximate surface area is 95.7 Å². The molecule has 3 atom stereocenters. The molecule has 4 nitrogen and oxygen atoms in total. The monoisotopic (exact) mass is 222 g/mol. The zero-order chi connectivity index (χ0) is 11.9. The molecule has 16 heavy (non-hydrogen) atoms. The van der Waals surface area contributed by atoms with Crippen LogP contribution in [0.5, 0.6) is 0 Å². The summed E-state index contributed by atoms with van der Waals surface area (Å²) in [6, 6.07) is -0.781. The first kappa shape index (κ1) is 11.2. The van der Waals surface area contributed by atoms with E-state index >= 15 is 0 Å². The number of nitrogens with one attached hydrogen (secondary N) is 1. The van der Waals surface area contributed by atoms with Crippen molar-refractivity contribution in [2.45, 2.75) is 44.8 Å². The maximum Gasteiger partial charge on any atom is 0.246 e. The van der Waals surface area contributed by atoms with Gasteiger partial charge in [0.15, 0.2) is 0 Å². The van der Waals surface area contributed by atoms with E-state index in [1.54, 1.807) is 17.9 Å². The molecule has 0 aromatic rings. The van der Waals surface area contributed by atoms with Crippen molar-refractivity contribution in [1.29, 1.82) is 0 Å². The summed E-state index contributed by atoms with van der Waals surface area (Å²) in [5.41, 5.74) is 0. The van der Waals surface area contributed by atoms with E-state index < -0.39 is 6.04 Å². The van der Waals surface area contributed by atoms with Crippen molar-refractivity contribution < 1.29 is 9.59 Å². The predicted octanol–water partition coefficient (Wildman–Crippen LogP) is 0.686. The second-order valence-corrected chi connectivity index (χ2v) is 4.72. The minimum Gasteiger partial charge on any atom is -0.342 e. The van der Waals surface area contributed by atoms with Crippen LogP contribution in [0.4, 0.5) is 0 Å². The largest absolute Gasteiger partial charge is 0.342 e. The summed E-state index contributed by atoms with van der Waals surface area (Å²) >= 11 is 0. The van der Waals surface area contributed by atoms with E-state index in [0.717, 1.165) is 12.8 Å². The lowest BCUT2D eigenvalue weighted by atomic mass is 10.0. The molecular weight excluding hydrogens is 204 g/mol. The number of piperazine rings is 1. The van der Waals surface area contributed by atoms with Crippen molar-refractivity contribution in [2.24, 2.45) is 5.92 Å². The van der Waals surface area contributed by atoms with Crippen LogP contribution in [0.1, 0.15) is 26.7 Å². The summed E-state index contributed by atoms with van der Waals surface area (Å²) in [6.07, 6.45) is 3.79. The Kier molecular flexibility index (Phi) is 2.74. The average molecular weight is 222 g/mol. The molecule has 0 radical (unpaired) electrons. The third-order valence-corrected chi connectivity index (χ3v) is 3.49. The smallest absolute Gasteiger partial charge is 0.246 e. The topological polar surface area (TPSA) is 49.4 Å². The van der Waals surface area contributed by atoms with E-state index in [0.29, 0.717) is 5.92 Å². The van der Waals surface area contributed by atoms with Crippen LogP contribution >= 0.6 is 0 Å². The second kappa shape index (κ2) is 3.92. The van der Waals surface area contributed by atoms with Gasteiger partial charge in [0.1, 0.15) is 12.1 Å². The molecule has 1 heterocycles. The highest BCUT2D eigenvalue weighted by molar-refractivity contribution is 5.97. The highest BCUT2D eigenvalue weighted by atomic mass is 16.2. The Balaban J connectivity index is 2.21. The van der Waals surface area contributed by atoms with Gasteiger partial charge in [0.2, 0.25) is 11.8 Å². The van der Waals surface area contributed by atoms with Crippen molar-refractivity contribution >= 4 is 11.8 Å². The Bertz CT molecular complexity index is 336. The van der Waals surface area contributed by atoms with Crippen LogP contribution in [-0.4, -0.2) is 34.8 Å². The van der Waals surface area contributed by atoms with Crippen LogP contribution in [0.25, 0.3) is 0 Å². The molecule has 1 aliphatic carbocycles. The normalized spacial score (nSPS) is 32.2. The standard InChI is InChI=1S/C12H18N2O2/c1-4-7(2)14-8(3)11(15)13-10(12(14)16)9-5-6-9/h4,7-10H,1,5-6H2,2-3H3,(H,13,15). The van der Waals surface area contributed by atoms with Gasteiger partial charge in [0.25, 0.3) is 0 Å². The van der Waals surface area contributed by atoms with E-state index in [9.17, 15) is 9.59 Å². The average Bonchev–Trinajstić information content (AvgIpc) is 3.07. The first-order valence-corrected chi connectivity index (χ1v) is 5.81. The lowest BCUT2D eigenvalue weighted by molar-refractivity contribution is -0.150. The molecule has 2 aliphatic rings. The highest BCUT2D eigenvalue weighted by Crippen LogP contribution is 2.35. The summed E-state index contributed by atoms with van der Waals surface area (Å²) in [5.74, 6) is 0.343. The van der Waals surface area contributed by atoms with Crippen molar-refractivity contribution in [3.05, 3.63) is 12.7 Å². The number of hydrogen-bond donors (Lipinski definition) is 1. The van der Waals surface area contributed by atoms with E-state index in [1.165, 1.54) is 0 Å². The number of carbonyl (C=O) groups excluding carboxylic acids is 2. The summed E-state index contributed by atoms with van der Waals surface area (Å²) in [6.45, 7) is 7.34. The van der Waals surface area contributed by atoms with Crippen LogP contribution in [0.3, 0.4) is 0 Å². The van der Waals surface area contributed by atoms with Gasteiger partial charge in [0, 0.05) is 6.04 Å². The summed E-state index contributed by atoms with van der Waals surface area (Å²) in [4.78, 5) is 25.6. The Morgan fingerprint density at radius 3 is 2.62 bits per heavy atom. The number of nitrogens with zero attached hydrogens (tertiary/aromatic N) is 1. The second-order valence-electron chi connectivity index (χ2n) is 4.72. The molecule has 0 aromatic heterocycles. The zero-order valence-electron chi connectivity index (χ0n) is 9.77. The molecule has 0 spiro atoms. The minimum atomic E-state index is -0.393. The summed E-state index contributed by atoms with van der Waals surface area (Å²) in [5, 5.41) is 2.82. The molecule has 1 aliphatic heterocycles. The Morgan fingerprint density at radius 1 is 1.50 bits per heavy atom. The zero-order valence-corrected chi connectivity index (χ0v) is 9.77. The van der Waals surface area contributed by atoms with Gasteiger partial charge in [-0.15, -0.1) is 6.58 Å². The molecule has 4 heteroatoms. The van der Waals surface area contributed by atoms with E-state index in [-0.39, 0.29) is 23.9 Å². The molecule has 1 saturated heterocycles. The van der Waals surface area contributed by atoms with Gasteiger partial charge in [-0.2, -0.15) is 0 Å². The van der Waals surface area contributed by atoms with Crippen LogP contribution in [0, 0.1) is 5.92 Å². The lowest BCUT2D eigenvalue weighted by Gasteiger charge is -2.40. The van der Waals surface area contributed by atoms with E-state index in [1.807, 2.05) is 6.92 Å². The molecule has 2 amide bonds. The van der Waals surface area contributed by atoms with Gasteiger partial charge in [-0.3, -0.25) is 9.59 Å². The fraction of sp³-hybridized carbons (Fsp3) is 0.667. The van der Waals surface area contributed by atoms with Gasteiger partial charge >= 0.3 is 0 Å². The molecule has 0 bridgehead atoms. The van der Waals surface area contributed by atoms with Gasteiger partial charge in [-0.1, -0.05) is 6.08 Å². The maximum absolute atomic E-state index is 12.2. The fourth-order valence-corrected chi connectivity index (χ4v) is 2.23. The summed E-state index contributed by atoms with van der Waals surface area (Å²) < 4.78 is 0. The third-order valence-electron chi connectivity index (χ3n) is 3.49. The maximum atomic E-state index is 12.2. The SMILES string of the molecule is C=CC(C)N1C(=O)C(C2CC2)NC(=O)C1C. The first-order chi connectivity index (χ1) is 7.56. The van der Waals surface area contributed by atoms with E-state index in [4.69, 9.17) is 0 Å². The number of rotatable bonds is 3. The van der Waals surface area contributed by atoms with Crippen LogP contribution < -0.4 is 5.32 Å². The molecule has 1 saturated carbocycles. The van der Waals surface area contributed by atoms with Crippen molar-refractivity contribution in [2.75, 3.05) is 0 Å². The van der Waals surface area contributed by atoms with E-state index in [2.05, 4.69) is 11.9 Å². The molecule has 2 rings (SSSR count). The Hall–Kier alpha value is -1.32. The predicted molar refractivity (Wildman–Crippen MR) is 60.6 cm³/mol. The Morgan fingerprint density at radius 2 is 2.12 bits per heavy atom. The first-order valence-electron chi connectivity index (χ1n) is 5.81. The van der Waals surface area contributed by atoms with Crippen molar-refractivity contribution in [1.82, 2.24) is 10.2 Å². The van der Waals surface area contributed by atoms with Gasteiger partial charge < -0.3 is 10.2 Å². The molecule has 2 fully saturated rings. The third kappa shape index (κ3) is 1.72.